The van der Waals surface area contributed by atoms with E-state index in [9.17, 15) is 8.42 Å². The summed E-state index contributed by atoms with van der Waals surface area (Å²) in [7, 11) is -3.13. The second-order valence-electron chi connectivity index (χ2n) is 4.04. The van der Waals surface area contributed by atoms with Crippen LogP contribution in [-0.2, 0) is 22.3 Å². The molecule has 0 bridgehead atoms. The summed E-state index contributed by atoms with van der Waals surface area (Å²) in [6.07, 6.45) is 3.39. The molecule has 0 spiro atoms. The summed E-state index contributed by atoms with van der Waals surface area (Å²) in [5.41, 5.74) is 1.89. The van der Waals surface area contributed by atoms with E-state index in [4.69, 9.17) is 0 Å². The zero-order valence-corrected chi connectivity index (χ0v) is 9.66. The van der Waals surface area contributed by atoms with Crippen LogP contribution in [0.2, 0.25) is 0 Å². The topological polar surface area (TPSA) is 50.3 Å². The monoisotopic (exact) mass is 226 g/mol. The molecule has 0 saturated heterocycles. The van der Waals surface area contributed by atoms with E-state index in [0.29, 0.717) is 6.54 Å². The van der Waals surface area contributed by atoms with Crippen LogP contribution in [0.15, 0.2) is 18.5 Å². The van der Waals surface area contributed by atoms with Gasteiger partial charge in [0.15, 0.2) is 0 Å². The minimum atomic E-state index is -3.13. The van der Waals surface area contributed by atoms with Crippen molar-refractivity contribution in [3.63, 3.8) is 0 Å². The van der Waals surface area contributed by atoms with Crippen molar-refractivity contribution in [3.05, 3.63) is 29.6 Å². The molecule has 0 aromatic carbocycles. The Morgan fingerprint density at radius 1 is 1.40 bits per heavy atom. The second-order valence-corrected chi connectivity index (χ2v) is 5.96. The van der Waals surface area contributed by atoms with Gasteiger partial charge in [0.25, 0.3) is 0 Å². The normalized spacial score (nSPS) is 20.2. The standard InChI is InChI=1S/C10H14N2O2S/c1-8(2)12-6-10-5-11-4-3-9(10)7-15(12,13)14/h3-5,8H,6-7H2,1-2H3. The number of pyridine rings is 1. The first-order chi connectivity index (χ1) is 7.00. The molecule has 1 aromatic rings. The van der Waals surface area contributed by atoms with Gasteiger partial charge in [0, 0.05) is 25.0 Å². The Morgan fingerprint density at radius 2 is 2.13 bits per heavy atom. The molecule has 82 valence electrons. The molecule has 0 amide bonds. The fraction of sp³-hybridized carbons (Fsp3) is 0.500. The van der Waals surface area contributed by atoms with Crippen molar-refractivity contribution in [2.45, 2.75) is 32.2 Å². The molecule has 0 fully saturated rings. The number of fused-ring (bicyclic) bond motifs is 1. The lowest BCUT2D eigenvalue weighted by Crippen LogP contribution is -2.40. The fourth-order valence-electron chi connectivity index (χ4n) is 1.79. The molecule has 0 aliphatic carbocycles. The van der Waals surface area contributed by atoms with E-state index in [1.165, 1.54) is 4.31 Å². The van der Waals surface area contributed by atoms with Crippen LogP contribution in [0.25, 0.3) is 0 Å². The van der Waals surface area contributed by atoms with Crippen LogP contribution in [0.3, 0.4) is 0 Å². The van der Waals surface area contributed by atoms with Gasteiger partial charge in [-0.25, -0.2) is 8.42 Å². The molecular formula is C10H14N2O2S. The summed E-state index contributed by atoms with van der Waals surface area (Å²) in [6.45, 7) is 4.22. The Hall–Kier alpha value is -0.940. The molecule has 2 heterocycles. The average Bonchev–Trinajstić information content (AvgIpc) is 2.14. The fourth-order valence-corrected chi connectivity index (χ4v) is 3.61. The van der Waals surface area contributed by atoms with Crippen LogP contribution < -0.4 is 0 Å². The molecule has 1 aliphatic heterocycles. The Morgan fingerprint density at radius 3 is 2.80 bits per heavy atom. The Labute approximate surface area is 90.0 Å². The van der Waals surface area contributed by atoms with Gasteiger partial charge in [-0.15, -0.1) is 0 Å². The molecule has 0 radical (unpaired) electrons. The van der Waals surface area contributed by atoms with Crippen molar-refractivity contribution in [1.82, 2.24) is 9.29 Å². The molecule has 2 rings (SSSR count). The lowest BCUT2D eigenvalue weighted by molar-refractivity contribution is 0.340. The van der Waals surface area contributed by atoms with Gasteiger partial charge in [-0.3, -0.25) is 4.98 Å². The third kappa shape index (κ3) is 1.89. The van der Waals surface area contributed by atoms with Crippen molar-refractivity contribution in [1.29, 1.82) is 0 Å². The van der Waals surface area contributed by atoms with Crippen molar-refractivity contribution in [3.8, 4) is 0 Å². The number of sulfonamides is 1. The largest absolute Gasteiger partial charge is 0.264 e. The summed E-state index contributed by atoms with van der Waals surface area (Å²) >= 11 is 0. The molecular weight excluding hydrogens is 212 g/mol. The SMILES string of the molecule is CC(C)N1Cc2cnccc2CS1(=O)=O. The molecule has 5 heteroatoms. The number of aromatic nitrogens is 1. The molecule has 1 aliphatic rings. The van der Waals surface area contributed by atoms with Crippen molar-refractivity contribution >= 4 is 10.0 Å². The van der Waals surface area contributed by atoms with Gasteiger partial charge in [-0.1, -0.05) is 0 Å². The van der Waals surface area contributed by atoms with Crippen molar-refractivity contribution in [2.75, 3.05) is 0 Å². The third-order valence-corrected chi connectivity index (χ3v) is 4.54. The highest BCUT2D eigenvalue weighted by atomic mass is 32.2. The lowest BCUT2D eigenvalue weighted by atomic mass is 10.1. The lowest BCUT2D eigenvalue weighted by Gasteiger charge is -2.30. The molecule has 4 nitrogen and oxygen atoms in total. The first kappa shape index (κ1) is 10.6. The minimum absolute atomic E-state index is 0.00311. The van der Waals surface area contributed by atoms with Crippen LogP contribution in [-0.4, -0.2) is 23.7 Å². The molecule has 15 heavy (non-hydrogen) atoms. The first-order valence-electron chi connectivity index (χ1n) is 4.92. The van der Waals surface area contributed by atoms with Gasteiger partial charge in [0.1, 0.15) is 0 Å². The molecule has 0 saturated carbocycles. The summed E-state index contributed by atoms with van der Waals surface area (Å²) in [5.74, 6) is 0.100. The van der Waals surface area contributed by atoms with E-state index in [1.807, 2.05) is 13.8 Å². The maximum Gasteiger partial charge on any atom is 0.218 e. The van der Waals surface area contributed by atoms with Gasteiger partial charge in [0.2, 0.25) is 10.0 Å². The van der Waals surface area contributed by atoms with E-state index in [1.54, 1.807) is 18.5 Å². The van der Waals surface area contributed by atoms with E-state index in [2.05, 4.69) is 4.98 Å². The second kappa shape index (κ2) is 3.57. The Balaban J connectivity index is 2.45. The average molecular weight is 226 g/mol. The summed E-state index contributed by atoms with van der Waals surface area (Å²) in [4.78, 5) is 4.02. The van der Waals surface area contributed by atoms with Crippen LogP contribution in [0.1, 0.15) is 25.0 Å². The number of hydrogen-bond acceptors (Lipinski definition) is 3. The highest BCUT2D eigenvalue weighted by Crippen LogP contribution is 2.25. The zero-order chi connectivity index (χ0) is 11.1. The maximum absolute atomic E-state index is 11.9. The maximum atomic E-state index is 11.9. The quantitative estimate of drug-likeness (QED) is 0.721. The highest BCUT2D eigenvalue weighted by molar-refractivity contribution is 7.88. The van der Waals surface area contributed by atoms with Crippen LogP contribution >= 0.6 is 0 Å². The number of hydrogen-bond donors (Lipinski definition) is 0. The number of rotatable bonds is 1. The molecule has 1 aromatic heterocycles. The first-order valence-corrected chi connectivity index (χ1v) is 6.53. The van der Waals surface area contributed by atoms with Crippen LogP contribution in [0.4, 0.5) is 0 Å². The minimum Gasteiger partial charge on any atom is -0.264 e. The summed E-state index contributed by atoms with van der Waals surface area (Å²) < 4.78 is 25.3. The molecule has 0 N–H and O–H groups in total. The van der Waals surface area contributed by atoms with Crippen LogP contribution in [0, 0.1) is 0 Å². The van der Waals surface area contributed by atoms with Gasteiger partial charge >= 0.3 is 0 Å². The van der Waals surface area contributed by atoms with Gasteiger partial charge in [0.05, 0.1) is 5.75 Å². The van der Waals surface area contributed by atoms with E-state index in [-0.39, 0.29) is 11.8 Å². The Bertz CT molecular complexity index is 468. The van der Waals surface area contributed by atoms with E-state index in [0.717, 1.165) is 11.1 Å². The Kier molecular flexibility index (Phi) is 2.52. The smallest absolute Gasteiger partial charge is 0.218 e. The zero-order valence-electron chi connectivity index (χ0n) is 8.84. The van der Waals surface area contributed by atoms with Crippen molar-refractivity contribution in [2.24, 2.45) is 0 Å². The third-order valence-electron chi connectivity index (χ3n) is 2.60. The van der Waals surface area contributed by atoms with Gasteiger partial charge in [-0.05, 0) is 31.0 Å². The van der Waals surface area contributed by atoms with E-state index >= 15 is 0 Å². The number of nitrogens with zero attached hydrogens (tertiary/aromatic N) is 2. The molecule has 0 unspecified atom stereocenters. The van der Waals surface area contributed by atoms with Crippen molar-refractivity contribution < 1.29 is 8.42 Å². The van der Waals surface area contributed by atoms with Gasteiger partial charge in [-0.2, -0.15) is 4.31 Å². The highest BCUT2D eigenvalue weighted by Gasteiger charge is 2.31. The van der Waals surface area contributed by atoms with E-state index < -0.39 is 10.0 Å². The predicted octanol–water partition coefficient (Wildman–Crippen LogP) is 1.14. The predicted molar refractivity (Wildman–Crippen MR) is 57.5 cm³/mol. The summed E-state index contributed by atoms with van der Waals surface area (Å²) in [6, 6.07) is 1.79. The van der Waals surface area contributed by atoms with Gasteiger partial charge < -0.3 is 0 Å². The summed E-state index contributed by atoms with van der Waals surface area (Å²) in [5, 5.41) is 0. The molecule has 0 atom stereocenters. The van der Waals surface area contributed by atoms with Crippen LogP contribution in [0.5, 0.6) is 0 Å².